The highest BCUT2D eigenvalue weighted by Crippen LogP contribution is 2.39. The van der Waals surface area contributed by atoms with Gasteiger partial charge in [-0.25, -0.2) is 0 Å². The number of rotatable bonds is 2. The number of benzene rings is 1. The maximum absolute atomic E-state index is 10.7. The molecule has 1 atom stereocenters. The molecule has 0 radical (unpaired) electrons. The number of hydrogen-bond acceptors (Lipinski definition) is 2. The van der Waals surface area contributed by atoms with Crippen LogP contribution in [0, 0.1) is 12.8 Å². The molecule has 1 aliphatic carbocycles. The van der Waals surface area contributed by atoms with E-state index in [2.05, 4.69) is 0 Å². The van der Waals surface area contributed by atoms with Gasteiger partial charge in [0.15, 0.2) is 0 Å². The van der Waals surface area contributed by atoms with E-state index in [0.717, 1.165) is 35.1 Å². The second-order valence-corrected chi connectivity index (χ2v) is 5.41. The van der Waals surface area contributed by atoms with Crippen molar-refractivity contribution in [3.63, 3.8) is 0 Å². The highest BCUT2D eigenvalue weighted by Gasteiger charge is 2.27. The van der Waals surface area contributed by atoms with E-state index in [1.807, 2.05) is 31.2 Å². The highest BCUT2D eigenvalue weighted by atomic mass is 16.3. The monoisotopic (exact) mass is 244 g/mol. The van der Waals surface area contributed by atoms with Gasteiger partial charge in [-0.15, -0.1) is 0 Å². The number of furan rings is 1. The van der Waals surface area contributed by atoms with Crippen LogP contribution in [0.25, 0.3) is 11.0 Å². The third kappa shape index (κ3) is 1.95. The molecule has 96 valence electrons. The Bertz CT molecular complexity index is 535. The van der Waals surface area contributed by atoms with Crippen molar-refractivity contribution in [2.45, 2.75) is 45.1 Å². The molecule has 18 heavy (non-hydrogen) atoms. The SMILES string of the molecule is Cc1oc2ccccc2c1C(O)C1CCCCC1. The Morgan fingerprint density at radius 1 is 1.17 bits per heavy atom. The summed E-state index contributed by atoms with van der Waals surface area (Å²) >= 11 is 0. The van der Waals surface area contributed by atoms with Gasteiger partial charge in [0.05, 0.1) is 6.10 Å². The fraction of sp³-hybridized carbons (Fsp3) is 0.500. The number of aliphatic hydroxyl groups excluding tert-OH is 1. The smallest absolute Gasteiger partial charge is 0.134 e. The largest absolute Gasteiger partial charge is 0.461 e. The Hall–Kier alpha value is -1.28. The van der Waals surface area contributed by atoms with Gasteiger partial charge in [-0.3, -0.25) is 0 Å². The van der Waals surface area contributed by atoms with Crippen molar-refractivity contribution < 1.29 is 9.52 Å². The van der Waals surface area contributed by atoms with Gasteiger partial charge in [-0.1, -0.05) is 37.5 Å². The zero-order valence-electron chi connectivity index (χ0n) is 10.9. The molecule has 2 heteroatoms. The van der Waals surface area contributed by atoms with E-state index in [1.165, 1.54) is 19.3 Å². The van der Waals surface area contributed by atoms with Crippen molar-refractivity contribution in [1.29, 1.82) is 0 Å². The van der Waals surface area contributed by atoms with Crippen LogP contribution in [-0.2, 0) is 0 Å². The summed E-state index contributed by atoms with van der Waals surface area (Å²) < 4.78 is 5.75. The third-order valence-corrected chi connectivity index (χ3v) is 4.21. The van der Waals surface area contributed by atoms with E-state index in [0.29, 0.717) is 5.92 Å². The quantitative estimate of drug-likeness (QED) is 0.851. The predicted octanol–water partition coefficient (Wildman–Crippen LogP) is 4.35. The first-order valence-corrected chi connectivity index (χ1v) is 6.93. The van der Waals surface area contributed by atoms with Crippen molar-refractivity contribution in [3.8, 4) is 0 Å². The number of aryl methyl sites for hydroxylation is 1. The Morgan fingerprint density at radius 3 is 2.67 bits per heavy atom. The second kappa shape index (κ2) is 4.77. The number of aliphatic hydroxyl groups is 1. The summed E-state index contributed by atoms with van der Waals surface area (Å²) in [5, 5.41) is 11.7. The van der Waals surface area contributed by atoms with Crippen LogP contribution in [0.2, 0.25) is 0 Å². The first-order valence-electron chi connectivity index (χ1n) is 6.93. The lowest BCUT2D eigenvalue weighted by Crippen LogP contribution is -2.16. The number of hydrogen-bond donors (Lipinski definition) is 1. The summed E-state index contributed by atoms with van der Waals surface area (Å²) in [6, 6.07) is 8.00. The molecule has 2 aromatic rings. The lowest BCUT2D eigenvalue weighted by atomic mass is 9.82. The van der Waals surface area contributed by atoms with Gasteiger partial charge in [0.25, 0.3) is 0 Å². The normalized spacial score (nSPS) is 19.2. The fourth-order valence-corrected chi connectivity index (χ4v) is 3.24. The van der Waals surface area contributed by atoms with E-state index in [9.17, 15) is 5.11 Å². The molecule has 1 N–H and O–H groups in total. The minimum Gasteiger partial charge on any atom is -0.461 e. The molecular weight excluding hydrogens is 224 g/mol. The summed E-state index contributed by atoms with van der Waals surface area (Å²) in [5.41, 5.74) is 1.90. The molecule has 1 fully saturated rings. The zero-order chi connectivity index (χ0) is 12.5. The van der Waals surface area contributed by atoms with E-state index >= 15 is 0 Å². The van der Waals surface area contributed by atoms with Crippen LogP contribution in [0.4, 0.5) is 0 Å². The maximum Gasteiger partial charge on any atom is 0.134 e. The van der Waals surface area contributed by atoms with Gasteiger partial charge in [0.2, 0.25) is 0 Å². The van der Waals surface area contributed by atoms with E-state index in [-0.39, 0.29) is 6.10 Å². The molecule has 1 aromatic heterocycles. The van der Waals surface area contributed by atoms with Crippen molar-refractivity contribution in [2.75, 3.05) is 0 Å². The molecule has 2 nitrogen and oxygen atoms in total. The van der Waals surface area contributed by atoms with Crippen LogP contribution in [0.15, 0.2) is 28.7 Å². The molecule has 1 unspecified atom stereocenters. The summed E-state index contributed by atoms with van der Waals surface area (Å²) in [6.45, 7) is 1.96. The van der Waals surface area contributed by atoms with Crippen molar-refractivity contribution in [1.82, 2.24) is 0 Å². The molecule has 1 aromatic carbocycles. The van der Waals surface area contributed by atoms with Crippen LogP contribution in [0.3, 0.4) is 0 Å². The maximum atomic E-state index is 10.7. The molecule has 1 heterocycles. The fourth-order valence-electron chi connectivity index (χ4n) is 3.24. The van der Waals surface area contributed by atoms with Crippen molar-refractivity contribution >= 4 is 11.0 Å². The number of fused-ring (bicyclic) bond motifs is 1. The number of para-hydroxylation sites is 1. The molecule has 0 amide bonds. The Kier molecular flexibility index (Phi) is 3.13. The minimum atomic E-state index is -0.367. The van der Waals surface area contributed by atoms with E-state index in [1.54, 1.807) is 0 Å². The molecule has 0 saturated heterocycles. The summed E-state index contributed by atoms with van der Waals surface area (Å²) in [6.07, 6.45) is 5.72. The lowest BCUT2D eigenvalue weighted by Gasteiger charge is -2.26. The van der Waals surface area contributed by atoms with Gasteiger partial charge in [-0.05, 0) is 31.7 Å². The van der Waals surface area contributed by atoms with E-state index < -0.39 is 0 Å². The summed E-state index contributed by atoms with van der Waals surface area (Å²) in [4.78, 5) is 0. The molecule has 0 bridgehead atoms. The third-order valence-electron chi connectivity index (χ3n) is 4.21. The molecule has 0 spiro atoms. The van der Waals surface area contributed by atoms with Gasteiger partial charge in [0.1, 0.15) is 11.3 Å². The Morgan fingerprint density at radius 2 is 1.89 bits per heavy atom. The van der Waals surface area contributed by atoms with Crippen LogP contribution in [-0.4, -0.2) is 5.11 Å². The van der Waals surface area contributed by atoms with E-state index in [4.69, 9.17) is 4.42 Å². The Balaban J connectivity index is 1.99. The molecule has 0 aliphatic heterocycles. The van der Waals surface area contributed by atoms with Crippen molar-refractivity contribution in [2.24, 2.45) is 5.92 Å². The van der Waals surface area contributed by atoms with Gasteiger partial charge in [-0.2, -0.15) is 0 Å². The summed E-state index contributed by atoms with van der Waals surface area (Å²) in [7, 11) is 0. The van der Waals surface area contributed by atoms with Crippen LogP contribution in [0.1, 0.15) is 49.5 Å². The van der Waals surface area contributed by atoms with Crippen LogP contribution < -0.4 is 0 Å². The molecule has 1 aliphatic rings. The minimum absolute atomic E-state index is 0.367. The zero-order valence-corrected chi connectivity index (χ0v) is 10.9. The lowest BCUT2D eigenvalue weighted by molar-refractivity contribution is 0.0846. The standard InChI is InChI=1S/C16H20O2/c1-11-15(13-9-5-6-10-14(13)18-11)16(17)12-7-3-2-4-8-12/h5-6,9-10,12,16-17H,2-4,7-8H2,1H3. The predicted molar refractivity (Wildman–Crippen MR) is 72.5 cm³/mol. The van der Waals surface area contributed by atoms with Crippen LogP contribution >= 0.6 is 0 Å². The molecule has 3 rings (SSSR count). The highest BCUT2D eigenvalue weighted by molar-refractivity contribution is 5.82. The van der Waals surface area contributed by atoms with Gasteiger partial charge in [0, 0.05) is 10.9 Å². The van der Waals surface area contributed by atoms with Gasteiger partial charge >= 0.3 is 0 Å². The average molecular weight is 244 g/mol. The summed E-state index contributed by atoms with van der Waals surface area (Å²) in [5.74, 6) is 1.27. The average Bonchev–Trinajstić information content (AvgIpc) is 2.75. The Labute approximate surface area is 108 Å². The second-order valence-electron chi connectivity index (χ2n) is 5.41. The van der Waals surface area contributed by atoms with Gasteiger partial charge < -0.3 is 9.52 Å². The van der Waals surface area contributed by atoms with Crippen LogP contribution in [0.5, 0.6) is 0 Å². The molecular formula is C16H20O2. The topological polar surface area (TPSA) is 33.4 Å². The molecule has 1 saturated carbocycles. The first kappa shape index (κ1) is 11.8. The first-order chi connectivity index (χ1) is 8.77. The van der Waals surface area contributed by atoms with Crippen molar-refractivity contribution in [3.05, 3.63) is 35.6 Å².